The molecule has 1 saturated heterocycles. The third-order valence-corrected chi connectivity index (χ3v) is 5.98. The molecule has 1 fully saturated rings. The Morgan fingerprint density at radius 2 is 1.64 bits per heavy atom. The van der Waals surface area contributed by atoms with Crippen molar-refractivity contribution in [1.29, 1.82) is 0 Å². The molecule has 0 aromatic heterocycles. The number of esters is 2. The first-order chi connectivity index (χ1) is 17.5. The molecule has 1 N–H and O–H groups in total. The largest absolute Gasteiger partial charge is 0.493 e. The van der Waals surface area contributed by atoms with Gasteiger partial charge in [0.1, 0.15) is 11.3 Å². The van der Waals surface area contributed by atoms with Crippen molar-refractivity contribution in [1.82, 2.24) is 5.32 Å². The standard InChI is InChI=1S/C28H36N2O6/c1-4-34-24-18-20(14-15-22(24)27(32)35-5-2)19-25(31)29-26(28(33)36-6-3)21-12-8-9-13-23(21)30-16-10-7-11-17-30/h8-9,12-15,18,26H,4-7,10-11,16-17,19H2,1-3H3,(H,29,31). The number of carbonyl (C=O) groups is 3. The van der Waals surface area contributed by atoms with Crippen molar-refractivity contribution in [2.24, 2.45) is 0 Å². The van der Waals surface area contributed by atoms with Gasteiger partial charge in [0.25, 0.3) is 0 Å². The van der Waals surface area contributed by atoms with Crippen LogP contribution in [0.2, 0.25) is 0 Å². The first-order valence-corrected chi connectivity index (χ1v) is 12.7. The van der Waals surface area contributed by atoms with E-state index in [9.17, 15) is 14.4 Å². The highest BCUT2D eigenvalue weighted by molar-refractivity contribution is 5.93. The van der Waals surface area contributed by atoms with E-state index >= 15 is 0 Å². The second-order valence-corrected chi connectivity index (χ2v) is 8.52. The predicted molar refractivity (Wildman–Crippen MR) is 137 cm³/mol. The molecule has 1 amide bonds. The fraction of sp³-hybridized carbons (Fsp3) is 0.464. The lowest BCUT2D eigenvalue weighted by Crippen LogP contribution is -2.38. The second kappa shape index (κ2) is 13.5. The Morgan fingerprint density at radius 1 is 0.917 bits per heavy atom. The monoisotopic (exact) mass is 496 g/mol. The maximum Gasteiger partial charge on any atom is 0.341 e. The topological polar surface area (TPSA) is 94.2 Å². The van der Waals surface area contributed by atoms with Crippen LogP contribution < -0.4 is 15.0 Å². The van der Waals surface area contributed by atoms with Gasteiger partial charge in [-0.15, -0.1) is 0 Å². The van der Waals surface area contributed by atoms with Crippen LogP contribution in [0.1, 0.15) is 67.6 Å². The number of benzene rings is 2. The summed E-state index contributed by atoms with van der Waals surface area (Å²) in [6.07, 6.45) is 3.38. The number of nitrogens with one attached hydrogen (secondary N) is 1. The molecule has 194 valence electrons. The highest BCUT2D eigenvalue weighted by Gasteiger charge is 2.28. The first-order valence-electron chi connectivity index (χ1n) is 12.7. The Balaban J connectivity index is 1.83. The van der Waals surface area contributed by atoms with Crippen LogP contribution in [0.4, 0.5) is 5.69 Å². The number of piperidine rings is 1. The van der Waals surface area contributed by atoms with E-state index in [1.54, 1.807) is 32.0 Å². The molecule has 0 aliphatic carbocycles. The molecule has 1 heterocycles. The Hall–Kier alpha value is -3.55. The zero-order valence-corrected chi connectivity index (χ0v) is 21.4. The van der Waals surface area contributed by atoms with E-state index in [0.717, 1.165) is 37.2 Å². The van der Waals surface area contributed by atoms with Gasteiger partial charge in [-0.2, -0.15) is 0 Å². The summed E-state index contributed by atoms with van der Waals surface area (Å²) in [6, 6.07) is 11.7. The van der Waals surface area contributed by atoms with E-state index in [2.05, 4.69) is 10.2 Å². The van der Waals surface area contributed by atoms with Crippen LogP contribution in [-0.4, -0.2) is 50.8 Å². The smallest absolute Gasteiger partial charge is 0.341 e. The maximum absolute atomic E-state index is 13.1. The SMILES string of the molecule is CCOC(=O)c1ccc(CC(=O)NC(C(=O)OCC)c2ccccc2N2CCCCC2)cc1OCC. The number of para-hydroxylation sites is 1. The Labute approximate surface area is 212 Å². The molecule has 2 aromatic carbocycles. The number of rotatable bonds is 11. The summed E-state index contributed by atoms with van der Waals surface area (Å²) < 4.78 is 16.0. The van der Waals surface area contributed by atoms with E-state index in [0.29, 0.717) is 23.5 Å². The van der Waals surface area contributed by atoms with Gasteiger partial charge in [0.15, 0.2) is 6.04 Å². The lowest BCUT2D eigenvalue weighted by molar-refractivity contribution is -0.147. The normalized spacial score (nSPS) is 14.0. The molecule has 1 atom stereocenters. The van der Waals surface area contributed by atoms with Gasteiger partial charge in [0.05, 0.1) is 26.2 Å². The van der Waals surface area contributed by atoms with E-state index in [1.807, 2.05) is 31.2 Å². The van der Waals surface area contributed by atoms with Crippen molar-refractivity contribution in [3.63, 3.8) is 0 Å². The minimum Gasteiger partial charge on any atom is -0.493 e. The Kier molecular flexibility index (Phi) is 10.2. The first kappa shape index (κ1) is 27.0. The number of carbonyl (C=O) groups excluding carboxylic acids is 3. The third-order valence-electron chi connectivity index (χ3n) is 5.98. The molecule has 8 heteroatoms. The van der Waals surface area contributed by atoms with Gasteiger partial charge < -0.3 is 24.4 Å². The zero-order chi connectivity index (χ0) is 25.9. The van der Waals surface area contributed by atoms with E-state index in [4.69, 9.17) is 14.2 Å². The average molecular weight is 497 g/mol. The van der Waals surface area contributed by atoms with Crippen LogP contribution in [0, 0.1) is 0 Å². The summed E-state index contributed by atoms with van der Waals surface area (Å²) in [7, 11) is 0. The molecule has 0 spiro atoms. The van der Waals surface area contributed by atoms with E-state index in [-0.39, 0.29) is 25.5 Å². The van der Waals surface area contributed by atoms with Crippen LogP contribution in [0.5, 0.6) is 5.75 Å². The van der Waals surface area contributed by atoms with Crippen LogP contribution >= 0.6 is 0 Å². The molecule has 36 heavy (non-hydrogen) atoms. The maximum atomic E-state index is 13.1. The predicted octanol–water partition coefficient (Wildman–Crippen LogP) is 4.22. The zero-order valence-electron chi connectivity index (χ0n) is 21.4. The van der Waals surface area contributed by atoms with Crippen molar-refractivity contribution in [2.45, 2.75) is 52.5 Å². The fourth-order valence-electron chi connectivity index (χ4n) is 4.37. The lowest BCUT2D eigenvalue weighted by atomic mass is 10.0. The summed E-state index contributed by atoms with van der Waals surface area (Å²) in [4.78, 5) is 40.6. The van der Waals surface area contributed by atoms with Crippen molar-refractivity contribution < 1.29 is 28.6 Å². The van der Waals surface area contributed by atoms with Gasteiger partial charge >= 0.3 is 11.9 Å². The van der Waals surface area contributed by atoms with Crippen molar-refractivity contribution in [3.8, 4) is 5.75 Å². The van der Waals surface area contributed by atoms with Gasteiger partial charge in [-0.05, 0) is 63.8 Å². The van der Waals surface area contributed by atoms with Gasteiger partial charge in [0, 0.05) is 24.3 Å². The highest BCUT2D eigenvalue weighted by atomic mass is 16.5. The van der Waals surface area contributed by atoms with Crippen molar-refractivity contribution in [3.05, 3.63) is 59.2 Å². The van der Waals surface area contributed by atoms with Gasteiger partial charge in [-0.3, -0.25) is 4.79 Å². The molecule has 3 rings (SSSR count). The molecular weight excluding hydrogens is 460 g/mol. The molecule has 0 bridgehead atoms. The molecule has 0 saturated carbocycles. The summed E-state index contributed by atoms with van der Waals surface area (Å²) >= 11 is 0. The number of nitrogens with zero attached hydrogens (tertiary/aromatic N) is 1. The lowest BCUT2D eigenvalue weighted by Gasteiger charge is -2.32. The Morgan fingerprint density at radius 3 is 2.33 bits per heavy atom. The summed E-state index contributed by atoms with van der Waals surface area (Å²) in [5.41, 5.74) is 2.62. The average Bonchev–Trinajstić information content (AvgIpc) is 2.88. The number of amides is 1. The molecule has 8 nitrogen and oxygen atoms in total. The van der Waals surface area contributed by atoms with Gasteiger partial charge in [-0.1, -0.05) is 24.3 Å². The number of hydrogen-bond donors (Lipinski definition) is 1. The molecule has 1 unspecified atom stereocenters. The summed E-state index contributed by atoms with van der Waals surface area (Å²) in [5, 5.41) is 2.88. The van der Waals surface area contributed by atoms with Crippen molar-refractivity contribution in [2.75, 3.05) is 37.8 Å². The molecule has 1 aliphatic rings. The number of hydrogen-bond acceptors (Lipinski definition) is 7. The minimum atomic E-state index is -0.930. The number of anilines is 1. The van der Waals surface area contributed by atoms with Crippen LogP contribution in [0.25, 0.3) is 0 Å². The highest BCUT2D eigenvalue weighted by Crippen LogP contribution is 2.30. The van der Waals surface area contributed by atoms with Crippen LogP contribution in [0.15, 0.2) is 42.5 Å². The molecule has 0 radical (unpaired) electrons. The minimum absolute atomic E-state index is 0.00493. The Bertz CT molecular complexity index is 1050. The summed E-state index contributed by atoms with van der Waals surface area (Å²) in [5.74, 6) is -0.955. The van der Waals surface area contributed by atoms with Crippen LogP contribution in [-0.2, 0) is 25.5 Å². The van der Waals surface area contributed by atoms with Crippen molar-refractivity contribution >= 4 is 23.5 Å². The molecular formula is C28H36N2O6. The number of ether oxygens (including phenoxy) is 3. The van der Waals surface area contributed by atoms with Gasteiger partial charge in [-0.25, -0.2) is 9.59 Å². The molecule has 2 aromatic rings. The third kappa shape index (κ3) is 6.99. The van der Waals surface area contributed by atoms with E-state index < -0.39 is 18.0 Å². The second-order valence-electron chi connectivity index (χ2n) is 8.52. The van der Waals surface area contributed by atoms with E-state index in [1.165, 1.54) is 6.42 Å². The fourth-order valence-corrected chi connectivity index (χ4v) is 4.37. The quantitative estimate of drug-likeness (QED) is 0.466. The summed E-state index contributed by atoms with van der Waals surface area (Å²) in [6.45, 7) is 7.94. The van der Waals surface area contributed by atoms with Crippen LogP contribution in [0.3, 0.4) is 0 Å². The molecule has 1 aliphatic heterocycles. The van der Waals surface area contributed by atoms with Gasteiger partial charge in [0.2, 0.25) is 5.91 Å².